The van der Waals surface area contributed by atoms with Gasteiger partial charge < -0.3 is 15.2 Å². The van der Waals surface area contributed by atoms with E-state index >= 15 is 0 Å². The fraction of sp³-hybridized carbons (Fsp3) is 0.643. The number of amides is 1. The van der Waals surface area contributed by atoms with Crippen LogP contribution < -0.4 is 5.73 Å². The number of piperidine rings is 1. The zero-order chi connectivity index (χ0) is 13.1. The lowest BCUT2D eigenvalue weighted by Crippen LogP contribution is -2.42. The average Bonchev–Trinajstić information content (AvgIpc) is 2.87. The Morgan fingerprint density at radius 1 is 1.56 bits per heavy atom. The number of nitrogens with two attached hydrogens (primary N) is 1. The van der Waals surface area contributed by atoms with Crippen LogP contribution in [-0.2, 0) is 0 Å². The molecule has 0 saturated carbocycles. The van der Waals surface area contributed by atoms with E-state index in [-0.39, 0.29) is 5.91 Å². The molecule has 0 aliphatic carbocycles. The van der Waals surface area contributed by atoms with Gasteiger partial charge in [0.25, 0.3) is 5.91 Å². The normalized spacial score (nSPS) is 20.4. The van der Waals surface area contributed by atoms with Gasteiger partial charge >= 0.3 is 0 Å². The van der Waals surface area contributed by atoms with Crippen molar-refractivity contribution >= 4 is 5.91 Å². The molecule has 100 valence electrons. The van der Waals surface area contributed by atoms with E-state index < -0.39 is 0 Å². The summed E-state index contributed by atoms with van der Waals surface area (Å²) in [7, 11) is 0. The zero-order valence-electron chi connectivity index (χ0n) is 11.3. The van der Waals surface area contributed by atoms with Crippen molar-refractivity contribution in [1.29, 1.82) is 0 Å². The first-order valence-electron chi connectivity index (χ1n) is 6.79. The van der Waals surface area contributed by atoms with Crippen molar-refractivity contribution in [3.63, 3.8) is 0 Å². The standard InChI is InChI=1S/C14H23N3O/c1-11(2)17-8-4-6-13(17)14(18)16-7-3-5-12(9-15)10-16/h4,6,8,11-12H,3,5,7,9-10,15H2,1-2H3. The van der Waals surface area contributed by atoms with Gasteiger partial charge in [0, 0.05) is 25.3 Å². The van der Waals surface area contributed by atoms with Gasteiger partial charge in [0.2, 0.25) is 0 Å². The van der Waals surface area contributed by atoms with Crippen molar-refractivity contribution in [3.05, 3.63) is 24.0 Å². The molecule has 1 saturated heterocycles. The van der Waals surface area contributed by atoms with Crippen LogP contribution in [0, 0.1) is 5.92 Å². The van der Waals surface area contributed by atoms with Crippen molar-refractivity contribution < 1.29 is 4.79 Å². The summed E-state index contributed by atoms with van der Waals surface area (Å²) in [5.74, 6) is 0.608. The van der Waals surface area contributed by atoms with Gasteiger partial charge in [-0.3, -0.25) is 4.79 Å². The molecule has 0 aromatic carbocycles. The Balaban J connectivity index is 2.13. The second-order valence-corrected chi connectivity index (χ2v) is 5.39. The predicted octanol–water partition coefficient (Wildman–Crippen LogP) is 1.88. The lowest BCUT2D eigenvalue weighted by molar-refractivity contribution is 0.0665. The van der Waals surface area contributed by atoms with Crippen molar-refractivity contribution in [2.45, 2.75) is 32.7 Å². The Morgan fingerprint density at radius 3 is 3.00 bits per heavy atom. The highest BCUT2D eigenvalue weighted by molar-refractivity contribution is 5.92. The molecule has 4 nitrogen and oxygen atoms in total. The Bertz CT molecular complexity index is 411. The largest absolute Gasteiger partial charge is 0.341 e. The average molecular weight is 249 g/mol. The fourth-order valence-corrected chi connectivity index (χ4v) is 2.63. The third-order valence-corrected chi connectivity index (χ3v) is 3.69. The van der Waals surface area contributed by atoms with Gasteiger partial charge in [-0.1, -0.05) is 0 Å². The number of rotatable bonds is 3. The second kappa shape index (κ2) is 5.57. The van der Waals surface area contributed by atoms with Crippen LogP contribution in [0.4, 0.5) is 0 Å². The lowest BCUT2D eigenvalue weighted by Gasteiger charge is -2.32. The first-order chi connectivity index (χ1) is 8.63. The monoisotopic (exact) mass is 249 g/mol. The lowest BCUT2D eigenvalue weighted by atomic mass is 9.98. The van der Waals surface area contributed by atoms with Gasteiger partial charge in [-0.25, -0.2) is 0 Å². The number of carbonyl (C=O) groups is 1. The third-order valence-electron chi connectivity index (χ3n) is 3.69. The summed E-state index contributed by atoms with van der Waals surface area (Å²) in [5, 5.41) is 0. The minimum atomic E-state index is 0.145. The van der Waals surface area contributed by atoms with E-state index in [1.807, 2.05) is 27.8 Å². The van der Waals surface area contributed by atoms with Crippen molar-refractivity contribution in [2.75, 3.05) is 19.6 Å². The molecule has 1 fully saturated rings. The molecule has 0 bridgehead atoms. The van der Waals surface area contributed by atoms with Crippen LogP contribution in [-0.4, -0.2) is 35.0 Å². The highest BCUT2D eigenvalue weighted by Crippen LogP contribution is 2.19. The first-order valence-corrected chi connectivity index (χ1v) is 6.79. The van der Waals surface area contributed by atoms with E-state index in [1.54, 1.807) is 0 Å². The molecular formula is C14H23N3O. The highest BCUT2D eigenvalue weighted by Gasteiger charge is 2.25. The number of hydrogen-bond acceptors (Lipinski definition) is 2. The van der Waals surface area contributed by atoms with Crippen LogP contribution in [0.5, 0.6) is 0 Å². The molecule has 2 rings (SSSR count). The van der Waals surface area contributed by atoms with Gasteiger partial charge in [-0.15, -0.1) is 0 Å². The summed E-state index contributed by atoms with van der Waals surface area (Å²) < 4.78 is 2.04. The van der Waals surface area contributed by atoms with E-state index in [2.05, 4.69) is 13.8 Å². The fourth-order valence-electron chi connectivity index (χ4n) is 2.63. The number of aromatic nitrogens is 1. The van der Waals surface area contributed by atoms with Crippen LogP contribution in [0.1, 0.15) is 43.2 Å². The maximum atomic E-state index is 12.5. The zero-order valence-corrected chi connectivity index (χ0v) is 11.3. The van der Waals surface area contributed by atoms with Crippen molar-refractivity contribution in [2.24, 2.45) is 11.7 Å². The minimum absolute atomic E-state index is 0.145. The first kappa shape index (κ1) is 13.1. The molecule has 0 spiro atoms. The number of nitrogens with zero attached hydrogens (tertiary/aromatic N) is 2. The SMILES string of the molecule is CC(C)n1cccc1C(=O)N1CCCC(CN)C1. The maximum Gasteiger partial charge on any atom is 0.270 e. The Hall–Kier alpha value is -1.29. The van der Waals surface area contributed by atoms with Crippen molar-refractivity contribution in [3.8, 4) is 0 Å². The molecule has 1 aromatic rings. The Kier molecular flexibility index (Phi) is 4.07. The summed E-state index contributed by atoms with van der Waals surface area (Å²) in [6.45, 7) is 6.53. The van der Waals surface area contributed by atoms with Gasteiger partial charge in [0.1, 0.15) is 5.69 Å². The number of carbonyl (C=O) groups excluding carboxylic acids is 1. The second-order valence-electron chi connectivity index (χ2n) is 5.39. The minimum Gasteiger partial charge on any atom is -0.341 e. The number of likely N-dealkylation sites (tertiary alicyclic amines) is 1. The molecule has 1 aliphatic heterocycles. The highest BCUT2D eigenvalue weighted by atomic mass is 16.2. The van der Waals surface area contributed by atoms with Crippen LogP contribution in [0.3, 0.4) is 0 Å². The quantitative estimate of drug-likeness (QED) is 0.889. The molecular weight excluding hydrogens is 226 g/mol. The molecule has 1 aromatic heterocycles. The van der Waals surface area contributed by atoms with E-state index in [0.717, 1.165) is 31.6 Å². The molecule has 4 heteroatoms. The maximum absolute atomic E-state index is 12.5. The van der Waals surface area contributed by atoms with Gasteiger partial charge in [-0.2, -0.15) is 0 Å². The number of hydrogen-bond donors (Lipinski definition) is 1. The molecule has 1 aliphatic rings. The smallest absolute Gasteiger partial charge is 0.270 e. The predicted molar refractivity (Wildman–Crippen MR) is 72.5 cm³/mol. The van der Waals surface area contributed by atoms with Crippen LogP contribution >= 0.6 is 0 Å². The Morgan fingerprint density at radius 2 is 2.33 bits per heavy atom. The van der Waals surface area contributed by atoms with E-state index in [0.29, 0.717) is 18.5 Å². The summed E-state index contributed by atoms with van der Waals surface area (Å²) in [5.41, 5.74) is 6.51. The molecule has 1 atom stereocenters. The third kappa shape index (κ3) is 2.58. The van der Waals surface area contributed by atoms with Gasteiger partial charge in [-0.05, 0) is 51.3 Å². The van der Waals surface area contributed by atoms with E-state index in [9.17, 15) is 4.79 Å². The summed E-state index contributed by atoms with van der Waals surface area (Å²) >= 11 is 0. The summed E-state index contributed by atoms with van der Waals surface area (Å²) in [4.78, 5) is 14.5. The van der Waals surface area contributed by atoms with Gasteiger partial charge in [0.05, 0.1) is 0 Å². The van der Waals surface area contributed by atoms with Crippen LogP contribution in [0.25, 0.3) is 0 Å². The van der Waals surface area contributed by atoms with E-state index in [4.69, 9.17) is 5.73 Å². The molecule has 1 unspecified atom stereocenters. The topological polar surface area (TPSA) is 51.3 Å². The molecule has 1 amide bonds. The van der Waals surface area contributed by atoms with Crippen molar-refractivity contribution in [1.82, 2.24) is 9.47 Å². The molecule has 0 radical (unpaired) electrons. The molecule has 2 heterocycles. The summed E-state index contributed by atoms with van der Waals surface area (Å²) in [6.07, 6.45) is 4.18. The molecule has 18 heavy (non-hydrogen) atoms. The molecule has 2 N–H and O–H groups in total. The van der Waals surface area contributed by atoms with E-state index in [1.165, 1.54) is 0 Å². The Labute approximate surface area is 109 Å². The van der Waals surface area contributed by atoms with Gasteiger partial charge in [0.15, 0.2) is 0 Å². The van der Waals surface area contributed by atoms with Crippen LogP contribution in [0.15, 0.2) is 18.3 Å². The van der Waals surface area contributed by atoms with Crippen LogP contribution in [0.2, 0.25) is 0 Å². The summed E-state index contributed by atoms with van der Waals surface area (Å²) in [6, 6.07) is 4.17.